The number of hydrogen-bond donors (Lipinski definition) is 2. The first-order chi connectivity index (χ1) is 4.04. The van der Waals surface area contributed by atoms with Crippen molar-refractivity contribution in [2.24, 2.45) is 11.6 Å². The molecule has 9 heavy (non-hydrogen) atoms. The molecule has 0 aliphatic heterocycles. The van der Waals surface area contributed by atoms with Gasteiger partial charge in [-0.25, -0.2) is 5.84 Å². The molecule has 4 heteroatoms. The summed E-state index contributed by atoms with van der Waals surface area (Å²) < 4.78 is 0. The number of Topliss-reactive ketones (excluding diaryl/α,β-unsaturated/α-hetero) is 1. The number of carbonyl (C=O) groups is 1. The predicted octanol–water partition coefficient (Wildman–Crippen LogP) is -0.819. The maximum atomic E-state index is 10.4. The third-order valence-corrected chi connectivity index (χ3v) is 0.749. The number of nitrogens with zero attached hydrogens (tertiary/aromatic N) is 1. The molecule has 0 rings (SSSR count). The molecule has 0 unspecified atom stereocenters. The van der Waals surface area contributed by atoms with Crippen LogP contribution in [0.2, 0.25) is 0 Å². The predicted molar refractivity (Wildman–Crippen MR) is 34.9 cm³/mol. The lowest BCUT2D eigenvalue weighted by Gasteiger charge is -2.04. The molecule has 4 N–H and O–H groups in total. The van der Waals surface area contributed by atoms with Gasteiger partial charge in [0, 0.05) is 20.2 Å². The van der Waals surface area contributed by atoms with Crippen molar-refractivity contribution in [3.63, 3.8) is 0 Å². The van der Waals surface area contributed by atoms with Gasteiger partial charge in [0.25, 0.3) is 0 Å². The van der Waals surface area contributed by atoms with Crippen LogP contribution in [-0.4, -0.2) is 17.8 Å². The van der Waals surface area contributed by atoms with Gasteiger partial charge in [-0.3, -0.25) is 4.79 Å². The van der Waals surface area contributed by atoms with Crippen LogP contribution in [0.4, 0.5) is 0 Å². The van der Waals surface area contributed by atoms with E-state index >= 15 is 0 Å². The van der Waals surface area contributed by atoms with Crippen molar-refractivity contribution in [3.05, 3.63) is 11.9 Å². The minimum atomic E-state index is -0.174. The van der Waals surface area contributed by atoms with Crippen molar-refractivity contribution in [1.29, 1.82) is 0 Å². The van der Waals surface area contributed by atoms with Gasteiger partial charge >= 0.3 is 0 Å². The Morgan fingerprint density at radius 1 is 1.67 bits per heavy atom. The van der Waals surface area contributed by atoms with Crippen LogP contribution in [0, 0.1) is 0 Å². The zero-order chi connectivity index (χ0) is 7.44. The van der Waals surface area contributed by atoms with Gasteiger partial charge in [0.2, 0.25) is 0 Å². The van der Waals surface area contributed by atoms with E-state index in [0.29, 0.717) is 0 Å². The minimum Gasteiger partial charge on any atom is -0.395 e. The molecule has 0 spiro atoms. The molecule has 0 aromatic heterocycles. The van der Waals surface area contributed by atoms with Gasteiger partial charge in [0.1, 0.15) is 0 Å². The van der Waals surface area contributed by atoms with Gasteiger partial charge in [-0.05, 0) is 0 Å². The van der Waals surface area contributed by atoms with Crippen molar-refractivity contribution in [3.8, 4) is 0 Å². The first-order valence-corrected chi connectivity index (χ1v) is 2.50. The zero-order valence-corrected chi connectivity index (χ0v) is 5.59. The molecule has 0 bridgehead atoms. The standard InChI is InChI=1S/C5H11N3O/c1-4(9)5(6)3-8(2)7/h3H,6-7H2,1-2H3/b5-3-. The van der Waals surface area contributed by atoms with Crippen LogP contribution in [0.25, 0.3) is 0 Å². The summed E-state index contributed by atoms with van der Waals surface area (Å²) in [7, 11) is 1.59. The lowest BCUT2D eigenvalue weighted by atomic mass is 10.3. The maximum Gasteiger partial charge on any atom is 0.176 e. The highest BCUT2D eigenvalue weighted by Gasteiger charge is 1.95. The van der Waals surface area contributed by atoms with Gasteiger partial charge in [0.15, 0.2) is 5.78 Å². The summed E-state index contributed by atoms with van der Waals surface area (Å²) in [6.07, 6.45) is 1.36. The first kappa shape index (κ1) is 7.97. The SMILES string of the molecule is CC(=O)/C(N)=C/N(C)N. The summed E-state index contributed by atoms with van der Waals surface area (Å²) in [5.41, 5.74) is 5.37. The monoisotopic (exact) mass is 129 g/mol. The molecule has 0 atom stereocenters. The summed E-state index contributed by atoms with van der Waals surface area (Å²) in [6, 6.07) is 0. The molecule has 0 aliphatic rings. The van der Waals surface area contributed by atoms with Gasteiger partial charge in [-0.2, -0.15) is 0 Å². The van der Waals surface area contributed by atoms with Crippen molar-refractivity contribution >= 4 is 5.78 Å². The molecule has 4 nitrogen and oxygen atoms in total. The topological polar surface area (TPSA) is 72.4 Å². The summed E-state index contributed by atoms with van der Waals surface area (Å²) in [6.45, 7) is 1.38. The third-order valence-electron chi connectivity index (χ3n) is 0.749. The second kappa shape index (κ2) is 3.09. The second-order valence-corrected chi connectivity index (χ2v) is 1.81. The maximum absolute atomic E-state index is 10.4. The van der Waals surface area contributed by atoms with E-state index in [1.165, 1.54) is 18.1 Å². The Balaban J connectivity index is 4.00. The Hall–Kier alpha value is -1.03. The molecule has 0 saturated heterocycles. The number of rotatable bonds is 2. The van der Waals surface area contributed by atoms with Crippen molar-refractivity contribution < 1.29 is 4.79 Å². The van der Waals surface area contributed by atoms with E-state index in [-0.39, 0.29) is 11.5 Å². The Morgan fingerprint density at radius 2 is 2.11 bits per heavy atom. The Kier molecular flexibility index (Phi) is 2.73. The average Bonchev–Trinajstić information content (AvgIpc) is 1.63. The van der Waals surface area contributed by atoms with Crippen molar-refractivity contribution in [1.82, 2.24) is 5.01 Å². The van der Waals surface area contributed by atoms with Gasteiger partial charge in [-0.15, -0.1) is 0 Å². The van der Waals surface area contributed by atoms with E-state index in [4.69, 9.17) is 11.6 Å². The summed E-state index contributed by atoms with van der Waals surface area (Å²) in [4.78, 5) is 10.4. The van der Waals surface area contributed by atoms with E-state index in [1.54, 1.807) is 7.05 Å². The molecular formula is C5H11N3O. The highest BCUT2D eigenvalue weighted by atomic mass is 16.1. The molecule has 52 valence electrons. The normalized spacial score (nSPS) is 11.2. The first-order valence-electron chi connectivity index (χ1n) is 2.50. The number of ketones is 1. The van der Waals surface area contributed by atoms with E-state index in [1.807, 2.05) is 0 Å². The summed E-state index contributed by atoms with van der Waals surface area (Å²) in [5, 5.41) is 1.23. The van der Waals surface area contributed by atoms with E-state index < -0.39 is 0 Å². The lowest BCUT2D eigenvalue weighted by Crippen LogP contribution is -2.22. The zero-order valence-electron chi connectivity index (χ0n) is 5.59. The van der Waals surface area contributed by atoms with Crippen LogP contribution >= 0.6 is 0 Å². The van der Waals surface area contributed by atoms with E-state index in [0.717, 1.165) is 0 Å². The van der Waals surface area contributed by atoms with Crippen molar-refractivity contribution in [2.45, 2.75) is 6.92 Å². The molecule has 0 radical (unpaired) electrons. The quantitative estimate of drug-likeness (QED) is 0.290. The Bertz CT molecular complexity index is 139. The molecule has 0 fully saturated rings. The number of nitrogens with two attached hydrogens (primary N) is 2. The lowest BCUT2D eigenvalue weighted by molar-refractivity contribution is -0.113. The molecule has 0 saturated carbocycles. The number of hydrogen-bond acceptors (Lipinski definition) is 4. The highest BCUT2D eigenvalue weighted by Crippen LogP contribution is 1.84. The van der Waals surface area contributed by atoms with Crippen LogP contribution in [0.5, 0.6) is 0 Å². The van der Waals surface area contributed by atoms with Gasteiger partial charge < -0.3 is 10.7 Å². The fourth-order valence-corrected chi connectivity index (χ4v) is 0.310. The van der Waals surface area contributed by atoms with Crippen LogP contribution in [0.15, 0.2) is 11.9 Å². The van der Waals surface area contributed by atoms with E-state index in [9.17, 15) is 4.79 Å². The largest absolute Gasteiger partial charge is 0.395 e. The molecule has 0 amide bonds. The van der Waals surface area contributed by atoms with Crippen LogP contribution < -0.4 is 11.6 Å². The van der Waals surface area contributed by atoms with E-state index in [2.05, 4.69) is 0 Å². The highest BCUT2D eigenvalue weighted by molar-refractivity contribution is 5.92. The van der Waals surface area contributed by atoms with Crippen LogP contribution in [0.3, 0.4) is 0 Å². The molecular weight excluding hydrogens is 118 g/mol. The van der Waals surface area contributed by atoms with Crippen LogP contribution in [0.1, 0.15) is 6.92 Å². The van der Waals surface area contributed by atoms with Gasteiger partial charge in [-0.1, -0.05) is 0 Å². The second-order valence-electron chi connectivity index (χ2n) is 1.81. The minimum absolute atomic E-state index is 0.167. The fraction of sp³-hybridized carbons (Fsp3) is 0.400. The fourth-order valence-electron chi connectivity index (χ4n) is 0.310. The Labute approximate surface area is 54.1 Å². The number of carbonyl (C=O) groups excluding carboxylic acids is 1. The third kappa shape index (κ3) is 3.54. The molecule has 0 aromatic rings. The number of allylic oxidation sites excluding steroid dienone is 1. The number of hydrazine groups is 1. The molecule has 0 aromatic carbocycles. The smallest absolute Gasteiger partial charge is 0.176 e. The van der Waals surface area contributed by atoms with Crippen LogP contribution in [-0.2, 0) is 4.79 Å². The van der Waals surface area contributed by atoms with Crippen molar-refractivity contribution in [2.75, 3.05) is 7.05 Å². The molecule has 0 heterocycles. The molecule has 0 aliphatic carbocycles. The summed E-state index contributed by atoms with van der Waals surface area (Å²) >= 11 is 0. The average molecular weight is 129 g/mol. The summed E-state index contributed by atoms with van der Waals surface area (Å²) in [5.74, 6) is 4.98. The van der Waals surface area contributed by atoms with Gasteiger partial charge in [0.05, 0.1) is 5.70 Å². The Morgan fingerprint density at radius 3 is 2.22 bits per heavy atom.